The standard InChI is InChI=1S/C16H8BrF2NO/c17-10-1-3-12-9(5-10)8-21-15-6-11(18)2-4-13(15)16(12)14(19)7-20/h1-6H,8H2/b16-14+. The Hall–Kier alpha value is -2.19. The normalized spacial score (nSPS) is 15.1. The zero-order valence-corrected chi connectivity index (χ0v) is 12.2. The van der Waals surface area contributed by atoms with E-state index in [4.69, 9.17) is 10.00 Å². The molecule has 0 N–H and O–H groups in total. The van der Waals surface area contributed by atoms with E-state index in [0.29, 0.717) is 11.1 Å². The summed E-state index contributed by atoms with van der Waals surface area (Å²) in [6, 6.07) is 10.6. The van der Waals surface area contributed by atoms with Gasteiger partial charge in [-0.2, -0.15) is 9.65 Å². The van der Waals surface area contributed by atoms with Crippen LogP contribution in [0.5, 0.6) is 5.75 Å². The number of benzene rings is 2. The van der Waals surface area contributed by atoms with E-state index in [-0.39, 0.29) is 17.9 Å². The lowest BCUT2D eigenvalue weighted by molar-refractivity contribution is 0.305. The van der Waals surface area contributed by atoms with Crippen LogP contribution in [0.15, 0.2) is 46.7 Å². The molecule has 0 unspecified atom stereocenters. The van der Waals surface area contributed by atoms with Crippen molar-refractivity contribution in [1.29, 1.82) is 5.26 Å². The van der Waals surface area contributed by atoms with Crippen LogP contribution in [-0.4, -0.2) is 0 Å². The molecule has 3 rings (SSSR count). The second-order valence-corrected chi connectivity index (χ2v) is 5.45. The minimum atomic E-state index is -0.920. The summed E-state index contributed by atoms with van der Waals surface area (Å²) in [5.41, 5.74) is 1.80. The Morgan fingerprint density at radius 3 is 2.71 bits per heavy atom. The zero-order valence-electron chi connectivity index (χ0n) is 10.7. The maximum atomic E-state index is 14.1. The molecule has 0 radical (unpaired) electrons. The van der Waals surface area contributed by atoms with Gasteiger partial charge in [0.05, 0.1) is 0 Å². The molecule has 0 aliphatic carbocycles. The lowest BCUT2D eigenvalue weighted by Crippen LogP contribution is -1.96. The molecule has 0 amide bonds. The van der Waals surface area contributed by atoms with Gasteiger partial charge >= 0.3 is 0 Å². The molecule has 2 aromatic rings. The molecule has 2 aromatic carbocycles. The van der Waals surface area contributed by atoms with E-state index in [1.165, 1.54) is 24.3 Å². The highest BCUT2D eigenvalue weighted by molar-refractivity contribution is 9.10. The van der Waals surface area contributed by atoms with Gasteiger partial charge in [0, 0.05) is 21.7 Å². The summed E-state index contributed by atoms with van der Waals surface area (Å²) >= 11 is 3.35. The number of nitrogens with zero attached hydrogens (tertiary/aromatic N) is 1. The summed E-state index contributed by atoms with van der Waals surface area (Å²) in [4.78, 5) is 0. The molecule has 0 bridgehead atoms. The average molecular weight is 348 g/mol. The van der Waals surface area contributed by atoms with Gasteiger partial charge in [0.2, 0.25) is 5.83 Å². The zero-order chi connectivity index (χ0) is 15.0. The number of halogens is 3. The highest BCUT2D eigenvalue weighted by Crippen LogP contribution is 2.39. The Balaban J connectivity index is 2.34. The minimum absolute atomic E-state index is 0.132. The van der Waals surface area contributed by atoms with Crippen molar-refractivity contribution in [3.63, 3.8) is 0 Å². The van der Waals surface area contributed by atoms with Crippen molar-refractivity contribution >= 4 is 21.5 Å². The van der Waals surface area contributed by atoms with Gasteiger partial charge in [0.15, 0.2) is 0 Å². The lowest BCUT2D eigenvalue weighted by atomic mass is 9.94. The second kappa shape index (κ2) is 5.30. The van der Waals surface area contributed by atoms with Crippen molar-refractivity contribution in [3.05, 3.63) is 69.2 Å². The predicted octanol–water partition coefficient (Wildman–Crippen LogP) is 4.73. The molecule has 0 spiro atoms. The van der Waals surface area contributed by atoms with Gasteiger partial charge in [-0.25, -0.2) is 4.39 Å². The number of ether oxygens (including phenoxy) is 1. The van der Waals surface area contributed by atoms with E-state index < -0.39 is 11.6 Å². The smallest absolute Gasteiger partial charge is 0.208 e. The molecule has 0 saturated heterocycles. The van der Waals surface area contributed by atoms with Gasteiger partial charge in [0.1, 0.15) is 24.2 Å². The van der Waals surface area contributed by atoms with Gasteiger partial charge in [-0.3, -0.25) is 0 Å². The second-order valence-electron chi connectivity index (χ2n) is 4.53. The summed E-state index contributed by atoms with van der Waals surface area (Å²) in [6.07, 6.45) is 0. The van der Waals surface area contributed by atoms with Crippen molar-refractivity contribution in [3.8, 4) is 11.8 Å². The largest absolute Gasteiger partial charge is 0.488 e. The van der Waals surface area contributed by atoms with Crippen LogP contribution in [-0.2, 0) is 6.61 Å². The minimum Gasteiger partial charge on any atom is -0.488 e. The highest BCUT2D eigenvalue weighted by Gasteiger charge is 2.23. The first-order valence-electron chi connectivity index (χ1n) is 6.11. The third-order valence-corrected chi connectivity index (χ3v) is 3.74. The van der Waals surface area contributed by atoms with Crippen molar-refractivity contribution < 1.29 is 13.5 Å². The van der Waals surface area contributed by atoms with Crippen molar-refractivity contribution in [2.75, 3.05) is 0 Å². The lowest BCUT2D eigenvalue weighted by Gasteiger charge is -2.09. The van der Waals surface area contributed by atoms with E-state index >= 15 is 0 Å². The van der Waals surface area contributed by atoms with Crippen LogP contribution in [0.3, 0.4) is 0 Å². The quantitative estimate of drug-likeness (QED) is 0.645. The Morgan fingerprint density at radius 2 is 1.95 bits per heavy atom. The Kier molecular flexibility index (Phi) is 3.48. The summed E-state index contributed by atoms with van der Waals surface area (Å²) in [5, 5.41) is 8.93. The number of fused-ring (bicyclic) bond motifs is 2. The SMILES string of the molecule is N#C/C(F)=C1/c2ccc(Br)cc2COc2cc(F)ccc21. The van der Waals surface area contributed by atoms with Gasteiger partial charge < -0.3 is 4.74 Å². The van der Waals surface area contributed by atoms with Crippen LogP contribution < -0.4 is 4.74 Å². The molecule has 5 heteroatoms. The molecule has 0 fully saturated rings. The summed E-state index contributed by atoms with van der Waals surface area (Å²) in [5.74, 6) is -1.17. The molecular weight excluding hydrogens is 340 g/mol. The predicted molar refractivity (Wildman–Crippen MR) is 77.6 cm³/mol. The Bertz CT molecular complexity index is 753. The van der Waals surface area contributed by atoms with Crippen LogP contribution in [0.1, 0.15) is 16.7 Å². The van der Waals surface area contributed by atoms with Gasteiger partial charge in [0.25, 0.3) is 0 Å². The van der Waals surface area contributed by atoms with Crippen molar-refractivity contribution in [2.45, 2.75) is 6.61 Å². The number of nitriles is 1. The Labute approximate surface area is 128 Å². The average Bonchev–Trinajstić information content (AvgIpc) is 2.63. The highest BCUT2D eigenvalue weighted by atomic mass is 79.9. The molecule has 2 nitrogen and oxygen atoms in total. The molecule has 104 valence electrons. The first-order chi connectivity index (χ1) is 10.1. The van der Waals surface area contributed by atoms with E-state index in [1.54, 1.807) is 18.2 Å². The van der Waals surface area contributed by atoms with Crippen molar-refractivity contribution in [2.24, 2.45) is 0 Å². The summed E-state index contributed by atoms with van der Waals surface area (Å²) in [7, 11) is 0. The van der Waals surface area contributed by atoms with Gasteiger partial charge in [-0.1, -0.05) is 22.0 Å². The fourth-order valence-electron chi connectivity index (χ4n) is 2.34. The molecular formula is C16H8BrF2NO. The maximum absolute atomic E-state index is 14.1. The molecule has 0 aromatic heterocycles. The first kappa shape index (κ1) is 13.8. The third kappa shape index (κ3) is 2.43. The number of hydrogen-bond acceptors (Lipinski definition) is 2. The topological polar surface area (TPSA) is 33.0 Å². The molecule has 0 saturated carbocycles. The van der Waals surface area contributed by atoms with Crippen LogP contribution in [0.4, 0.5) is 8.78 Å². The van der Waals surface area contributed by atoms with Crippen LogP contribution in [0.2, 0.25) is 0 Å². The van der Waals surface area contributed by atoms with Crippen LogP contribution in [0.25, 0.3) is 5.57 Å². The molecule has 1 aliphatic heterocycles. The van der Waals surface area contributed by atoms with E-state index in [1.807, 2.05) is 0 Å². The fourth-order valence-corrected chi connectivity index (χ4v) is 2.75. The van der Waals surface area contributed by atoms with Gasteiger partial charge in [-0.15, -0.1) is 0 Å². The monoisotopic (exact) mass is 347 g/mol. The first-order valence-corrected chi connectivity index (χ1v) is 6.91. The molecule has 1 aliphatic rings. The number of hydrogen-bond donors (Lipinski definition) is 0. The van der Waals surface area contributed by atoms with Gasteiger partial charge in [-0.05, 0) is 35.4 Å². The molecule has 21 heavy (non-hydrogen) atoms. The fraction of sp³-hybridized carbons (Fsp3) is 0.0625. The number of rotatable bonds is 0. The maximum Gasteiger partial charge on any atom is 0.208 e. The van der Waals surface area contributed by atoms with E-state index in [2.05, 4.69) is 15.9 Å². The number of allylic oxidation sites excluding steroid dienone is 1. The van der Waals surface area contributed by atoms with E-state index in [0.717, 1.165) is 10.0 Å². The Morgan fingerprint density at radius 1 is 1.19 bits per heavy atom. The third-order valence-electron chi connectivity index (χ3n) is 3.25. The van der Waals surface area contributed by atoms with E-state index in [9.17, 15) is 8.78 Å². The van der Waals surface area contributed by atoms with Crippen LogP contribution >= 0.6 is 15.9 Å². The summed E-state index contributed by atoms with van der Waals surface area (Å²) < 4.78 is 33.9. The summed E-state index contributed by atoms with van der Waals surface area (Å²) in [6.45, 7) is 0.174. The van der Waals surface area contributed by atoms with Crippen molar-refractivity contribution in [1.82, 2.24) is 0 Å². The van der Waals surface area contributed by atoms with Crippen LogP contribution in [0, 0.1) is 17.1 Å². The molecule has 1 heterocycles. The molecule has 0 atom stereocenters.